The van der Waals surface area contributed by atoms with Gasteiger partial charge in [0.15, 0.2) is 0 Å². The maximum Gasteiger partial charge on any atom is 0.418 e. The van der Waals surface area contributed by atoms with Crippen molar-refractivity contribution in [3.63, 3.8) is 0 Å². The number of fused-ring (bicyclic) bond motifs is 1. The highest BCUT2D eigenvalue weighted by molar-refractivity contribution is 5.80. The summed E-state index contributed by atoms with van der Waals surface area (Å²) in [7, 11) is 0. The minimum absolute atomic E-state index is 0.0694. The van der Waals surface area contributed by atoms with E-state index in [1.165, 1.54) is 13.0 Å². The Bertz CT molecular complexity index is 511. The van der Waals surface area contributed by atoms with Gasteiger partial charge in [-0.15, -0.1) is 0 Å². The molecule has 1 aromatic heterocycles. The molecule has 0 radical (unpaired) electrons. The van der Waals surface area contributed by atoms with Gasteiger partial charge < -0.3 is 4.98 Å². The lowest BCUT2D eigenvalue weighted by Gasteiger charge is -2.10. The monoisotopic (exact) mass is 214 g/mol. The van der Waals surface area contributed by atoms with Crippen LogP contribution in [0.3, 0.4) is 0 Å². The number of nitrogens with zero attached hydrogens (tertiary/aromatic N) is 1. The average molecular weight is 214 g/mol. The van der Waals surface area contributed by atoms with Gasteiger partial charge in [0, 0.05) is 0 Å². The number of aromatic amines is 1. The van der Waals surface area contributed by atoms with Crippen LogP contribution in [0.15, 0.2) is 12.1 Å². The highest BCUT2D eigenvalue weighted by Gasteiger charge is 2.35. The maximum atomic E-state index is 12.7. The van der Waals surface area contributed by atoms with Gasteiger partial charge in [0.05, 0.1) is 16.6 Å². The predicted octanol–water partition coefficient (Wildman–Crippen LogP) is 3.20. The zero-order valence-corrected chi connectivity index (χ0v) is 8.24. The van der Waals surface area contributed by atoms with Gasteiger partial charge in [-0.25, -0.2) is 4.98 Å². The Labute approximate surface area is 84.1 Å². The second-order valence-corrected chi connectivity index (χ2v) is 3.47. The number of H-pyrrole nitrogens is 1. The van der Waals surface area contributed by atoms with Crippen LogP contribution in [0.5, 0.6) is 0 Å². The molecule has 5 heteroatoms. The van der Waals surface area contributed by atoms with E-state index in [0.717, 1.165) is 0 Å². The van der Waals surface area contributed by atoms with Crippen molar-refractivity contribution in [2.24, 2.45) is 0 Å². The van der Waals surface area contributed by atoms with Crippen LogP contribution >= 0.6 is 0 Å². The first-order valence-corrected chi connectivity index (χ1v) is 4.42. The summed E-state index contributed by atoms with van der Waals surface area (Å²) >= 11 is 0. The number of nitrogens with one attached hydrogen (secondary N) is 1. The first-order valence-electron chi connectivity index (χ1n) is 4.42. The number of aryl methyl sites for hydroxylation is 2. The van der Waals surface area contributed by atoms with Gasteiger partial charge >= 0.3 is 6.18 Å². The van der Waals surface area contributed by atoms with Crippen LogP contribution in [0.1, 0.15) is 17.0 Å². The Hall–Kier alpha value is -1.52. The Morgan fingerprint density at radius 3 is 2.47 bits per heavy atom. The van der Waals surface area contributed by atoms with Crippen molar-refractivity contribution in [3.8, 4) is 0 Å². The molecule has 0 saturated carbocycles. The molecule has 2 rings (SSSR count). The number of aromatic nitrogens is 2. The molecule has 0 saturated heterocycles. The molecule has 80 valence electrons. The fraction of sp³-hybridized carbons (Fsp3) is 0.300. The minimum Gasteiger partial charge on any atom is -0.342 e. The molecule has 1 N–H and O–H groups in total. The van der Waals surface area contributed by atoms with Gasteiger partial charge in [0.2, 0.25) is 0 Å². The number of rotatable bonds is 0. The third kappa shape index (κ3) is 1.58. The van der Waals surface area contributed by atoms with E-state index in [1.807, 2.05) is 0 Å². The largest absolute Gasteiger partial charge is 0.418 e. The number of imidazole rings is 1. The van der Waals surface area contributed by atoms with E-state index in [9.17, 15) is 13.2 Å². The molecule has 0 fully saturated rings. The third-order valence-corrected chi connectivity index (χ3v) is 2.27. The summed E-state index contributed by atoms with van der Waals surface area (Å²) in [6.45, 7) is 3.08. The summed E-state index contributed by atoms with van der Waals surface area (Å²) in [5, 5.41) is 0. The predicted molar refractivity (Wildman–Crippen MR) is 50.6 cm³/mol. The van der Waals surface area contributed by atoms with E-state index in [1.54, 1.807) is 13.0 Å². The van der Waals surface area contributed by atoms with Crippen molar-refractivity contribution in [3.05, 3.63) is 29.1 Å². The van der Waals surface area contributed by atoms with Crippen LogP contribution < -0.4 is 0 Å². The molecule has 0 aliphatic heterocycles. The molecule has 0 aliphatic rings. The molecule has 0 atom stereocenters. The summed E-state index contributed by atoms with van der Waals surface area (Å²) in [5.74, 6) is 0.487. The molecular formula is C10H9F3N2. The summed E-state index contributed by atoms with van der Waals surface area (Å²) < 4.78 is 38.2. The average Bonchev–Trinajstić information content (AvgIpc) is 2.41. The molecule has 15 heavy (non-hydrogen) atoms. The summed E-state index contributed by atoms with van der Waals surface area (Å²) in [6.07, 6.45) is -4.34. The number of halogens is 3. The fourth-order valence-corrected chi connectivity index (χ4v) is 1.67. The fourth-order valence-electron chi connectivity index (χ4n) is 1.67. The Morgan fingerprint density at radius 2 is 1.87 bits per heavy atom. The molecule has 0 amide bonds. The third-order valence-electron chi connectivity index (χ3n) is 2.27. The highest BCUT2D eigenvalue weighted by atomic mass is 19.4. The first kappa shape index (κ1) is 10.0. The van der Waals surface area contributed by atoms with Gasteiger partial charge in [-0.05, 0) is 25.5 Å². The van der Waals surface area contributed by atoms with Gasteiger partial charge in [-0.1, -0.05) is 6.07 Å². The van der Waals surface area contributed by atoms with Crippen LogP contribution in [-0.4, -0.2) is 9.97 Å². The lowest BCUT2D eigenvalue weighted by atomic mass is 10.1. The van der Waals surface area contributed by atoms with Crippen LogP contribution in [-0.2, 0) is 6.18 Å². The van der Waals surface area contributed by atoms with Gasteiger partial charge in [0.1, 0.15) is 5.82 Å². The van der Waals surface area contributed by atoms with Crippen LogP contribution in [0.4, 0.5) is 13.2 Å². The Morgan fingerprint density at radius 1 is 1.20 bits per heavy atom. The summed E-state index contributed by atoms with van der Waals surface area (Å²) in [5.41, 5.74) is 0.00433. The number of hydrogen-bond acceptors (Lipinski definition) is 1. The second-order valence-electron chi connectivity index (χ2n) is 3.47. The van der Waals surface area contributed by atoms with Crippen molar-refractivity contribution in [2.45, 2.75) is 20.0 Å². The van der Waals surface area contributed by atoms with E-state index < -0.39 is 11.7 Å². The second kappa shape index (κ2) is 2.98. The quantitative estimate of drug-likeness (QED) is 0.716. The van der Waals surface area contributed by atoms with Gasteiger partial charge in [0.25, 0.3) is 0 Å². The van der Waals surface area contributed by atoms with Crippen molar-refractivity contribution in [1.82, 2.24) is 9.97 Å². The molecule has 1 aromatic carbocycles. The van der Waals surface area contributed by atoms with E-state index in [0.29, 0.717) is 11.3 Å². The van der Waals surface area contributed by atoms with Crippen LogP contribution in [0.25, 0.3) is 11.0 Å². The Kier molecular flexibility index (Phi) is 1.99. The maximum absolute atomic E-state index is 12.7. The van der Waals surface area contributed by atoms with Gasteiger partial charge in [-0.3, -0.25) is 0 Å². The van der Waals surface area contributed by atoms with Gasteiger partial charge in [-0.2, -0.15) is 13.2 Å². The number of hydrogen-bond donors (Lipinski definition) is 1. The smallest absolute Gasteiger partial charge is 0.342 e. The topological polar surface area (TPSA) is 28.7 Å². The SMILES string of the molecule is Cc1nc2ccc(C)c(C(F)(F)F)c2[nH]1. The van der Waals surface area contributed by atoms with Crippen LogP contribution in [0, 0.1) is 13.8 Å². The van der Waals surface area contributed by atoms with Crippen LogP contribution in [0.2, 0.25) is 0 Å². The molecule has 2 aromatic rings. The lowest BCUT2D eigenvalue weighted by molar-refractivity contribution is -0.136. The van der Waals surface area contributed by atoms with Crippen molar-refractivity contribution < 1.29 is 13.2 Å². The molecule has 0 spiro atoms. The first-order chi connectivity index (χ1) is 6.89. The van der Waals surface area contributed by atoms with E-state index in [-0.39, 0.29) is 11.1 Å². The Balaban J connectivity index is 2.85. The zero-order chi connectivity index (χ0) is 11.2. The van der Waals surface area contributed by atoms with E-state index in [2.05, 4.69) is 9.97 Å². The molecule has 0 bridgehead atoms. The zero-order valence-electron chi connectivity index (χ0n) is 8.24. The summed E-state index contributed by atoms with van der Waals surface area (Å²) in [6, 6.07) is 3.02. The van der Waals surface area contributed by atoms with E-state index >= 15 is 0 Å². The lowest BCUT2D eigenvalue weighted by Crippen LogP contribution is -2.08. The molecule has 1 heterocycles. The molecule has 0 unspecified atom stereocenters. The van der Waals surface area contributed by atoms with Crippen molar-refractivity contribution >= 4 is 11.0 Å². The number of alkyl halides is 3. The van der Waals surface area contributed by atoms with Crippen molar-refractivity contribution in [2.75, 3.05) is 0 Å². The summed E-state index contributed by atoms with van der Waals surface area (Å²) in [4.78, 5) is 6.62. The number of benzene rings is 1. The minimum atomic E-state index is -4.34. The van der Waals surface area contributed by atoms with Crippen molar-refractivity contribution in [1.29, 1.82) is 0 Å². The highest BCUT2D eigenvalue weighted by Crippen LogP contribution is 2.36. The molecule has 2 nitrogen and oxygen atoms in total. The van der Waals surface area contributed by atoms with E-state index in [4.69, 9.17) is 0 Å². The standard InChI is InChI=1S/C10H9F3N2/c1-5-3-4-7-9(15-6(2)14-7)8(5)10(11,12)13/h3-4H,1-2H3,(H,14,15). The molecule has 0 aliphatic carbocycles. The molecular weight excluding hydrogens is 205 g/mol. The normalized spacial score (nSPS) is 12.3.